The van der Waals surface area contributed by atoms with Gasteiger partial charge in [-0.3, -0.25) is 4.90 Å². The maximum absolute atomic E-state index is 5.95. The molecule has 0 amide bonds. The van der Waals surface area contributed by atoms with Gasteiger partial charge in [-0.25, -0.2) is 0 Å². The Hall–Kier alpha value is -1.58. The van der Waals surface area contributed by atoms with Gasteiger partial charge in [-0.2, -0.15) is 0 Å². The van der Waals surface area contributed by atoms with Crippen molar-refractivity contribution in [3.8, 4) is 5.75 Å². The van der Waals surface area contributed by atoms with Crippen LogP contribution >= 0.6 is 0 Å². The normalized spacial score (nSPS) is 17.5. The Kier molecular flexibility index (Phi) is 3.90. The van der Waals surface area contributed by atoms with Crippen LogP contribution in [0.4, 0.5) is 0 Å². The number of nitrogens with zero attached hydrogens (tertiary/aromatic N) is 1. The van der Waals surface area contributed by atoms with E-state index in [2.05, 4.69) is 35.2 Å². The maximum atomic E-state index is 5.95. The number of hydrogen-bond acceptors (Lipinski definition) is 3. The zero-order chi connectivity index (χ0) is 13.9. The Balaban J connectivity index is 1.75. The Morgan fingerprint density at radius 3 is 2.55 bits per heavy atom. The van der Waals surface area contributed by atoms with Crippen LogP contribution in [0.1, 0.15) is 18.4 Å². The van der Waals surface area contributed by atoms with Crippen LogP contribution in [-0.4, -0.2) is 31.1 Å². The highest BCUT2D eigenvalue weighted by Crippen LogP contribution is 2.23. The van der Waals surface area contributed by atoms with Gasteiger partial charge in [0.15, 0.2) is 0 Å². The first-order valence-electron chi connectivity index (χ1n) is 7.29. The summed E-state index contributed by atoms with van der Waals surface area (Å²) in [6, 6.07) is 13.3. The van der Waals surface area contributed by atoms with Crippen LogP contribution < -0.4 is 10.5 Å². The lowest BCUT2D eigenvalue weighted by molar-refractivity contribution is 0.206. The van der Waals surface area contributed by atoms with E-state index in [0.29, 0.717) is 6.04 Å². The van der Waals surface area contributed by atoms with Crippen molar-refractivity contribution in [3.05, 3.63) is 42.0 Å². The molecule has 1 aliphatic heterocycles. The molecule has 0 bridgehead atoms. The molecule has 3 nitrogen and oxygen atoms in total. The minimum atomic E-state index is 0.398. The van der Waals surface area contributed by atoms with Gasteiger partial charge in [0.2, 0.25) is 0 Å². The van der Waals surface area contributed by atoms with Crippen molar-refractivity contribution in [3.63, 3.8) is 0 Å². The average molecular weight is 270 g/mol. The molecule has 0 spiro atoms. The van der Waals surface area contributed by atoms with Crippen molar-refractivity contribution in [1.82, 2.24) is 4.90 Å². The lowest BCUT2D eigenvalue weighted by Crippen LogP contribution is -2.39. The fraction of sp³-hybridized carbons (Fsp3) is 0.412. The van der Waals surface area contributed by atoms with Crippen LogP contribution in [0, 0.1) is 0 Å². The molecule has 106 valence electrons. The van der Waals surface area contributed by atoms with E-state index in [1.807, 2.05) is 6.07 Å². The Bertz CT molecular complexity index is 589. The van der Waals surface area contributed by atoms with E-state index in [1.54, 1.807) is 7.11 Å². The van der Waals surface area contributed by atoms with Gasteiger partial charge in [0, 0.05) is 12.6 Å². The van der Waals surface area contributed by atoms with Gasteiger partial charge < -0.3 is 10.5 Å². The van der Waals surface area contributed by atoms with Crippen LogP contribution in [0.15, 0.2) is 36.4 Å². The summed E-state index contributed by atoms with van der Waals surface area (Å²) in [5.74, 6) is 0.912. The molecule has 0 atom stereocenters. The number of likely N-dealkylation sites (tertiary alicyclic amines) is 1. The summed E-state index contributed by atoms with van der Waals surface area (Å²) in [5.41, 5.74) is 7.33. The molecular formula is C17H22N2O. The molecule has 2 aromatic carbocycles. The minimum absolute atomic E-state index is 0.398. The Morgan fingerprint density at radius 1 is 1.10 bits per heavy atom. The predicted molar refractivity (Wildman–Crippen MR) is 83.0 cm³/mol. The molecule has 1 aliphatic rings. The summed E-state index contributed by atoms with van der Waals surface area (Å²) in [4.78, 5) is 2.49. The molecule has 1 heterocycles. The summed E-state index contributed by atoms with van der Waals surface area (Å²) in [6.45, 7) is 3.25. The smallest absolute Gasteiger partial charge is 0.119 e. The third-order valence-corrected chi connectivity index (χ3v) is 4.15. The van der Waals surface area contributed by atoms with Gasteiger partial charge in [-0.05, 0) is 60.5 Å². The van der Waals surface area contributed by atoms with E-state index in [1.165, 1.54) is 16.3 Å². The number of rotatable bonds is 3. The van der Waals surface area contributed by atoms with Crippen molar-refractivity contribution in [2.45, 2.75) is 25.4 Å². The van der Waals surface area contributed by atoms with Crippen molar-refractivity contribution < 1.29 is 4.74 Å². The third-order valence-electron chi connectivity index (χ3n) is 4.15. The van der Waals surface area contributed by atoms with Crippen molar-refractivity contribution >= 4 is 10.8 Å². The highest BCUT2D eigenvalue weighted by molar-refractivity contribution is 5.84. The lowest BCUT2D eigenvalue weighted by atomic mass is 10.0. The molecule has 0 unspecified atom stereocenters. The largest absolute Gasteiger partial charge is 0.497 e. The second-order valence-electron chi connectivity index (χ2n) is 5.66. The molecule has 0 saturated carbocycles. The first-order chi connectivity index (χ1) is 9.74. The van der Waals surface area contributed by atoms with Crippen LogP contribution in [-0.2, 0) is 6.54 Å². The number of piperidine rings is 1. The summed E-state index contributed by atoms with van der Waals surface area (Å²) in [5, 5.41) is 2.51. The van der Waals surface area contributed by atoms with Gasteiger partial charge in [0.1, 0.15) is 5.75 Å². The molecule has 20 heavy (non-hydrogen) atoms. The summed E-state index contributed by atoms with van der Waals surface area (Å²) >= 11 is 0. The number of ether oxygens (including phenoxy) is 1. The summed E-state index contributed by atoms with van der Waals surface area (Å²) in [6.07, 6.45) is 2.23. The van der Waals surface area contributed by atoms with Gasteiger partial charge >= 0.3 is 0 Å². The molecule has 0 aromatic heterocycles. The fourth-order valence-electron chi connectivity index (χ4n) is 2.87. The highest BCUT2D eigenvalue weighted by atomic mass is 16.5. The number of methoxy groups -OCH3 is 1. The number of benzene rings is 2. The van der Waals surface area contributed by atoms with E-state index >= 15 is 0 Å². The first-order valence-corrected chi connectivity index (χ1v) is 7.29. The molecule has 3 heteroatoms. The van der Waals surface area contributed by atoms with E-state index in [9.17, 15) is 0 Å². The second-order valence-corrected chi connectivity index (χ2v) is 5.66. The highest BCUT2D eigenvalue weighted by Gasteiger charge is 2.15. The lowest BCUT2D eigenvalue weighted by Gasteiger charge is -2.30. The number of hydrogen-bond donors (Lipinski definition) is 1. The van der Waals surface area contributed by atoms with Crippen molar-refractivity contribution in [2.24, 2.45) is 5.73 Å². The van der Waals surface area contributed by atoms with Crippen molar-refractivity contribution in [2.75, 3.05) is 20.2 Å². The number of nitrogens with two attached hydrogens (primary N) is 1. The zero-order valence-corrected chi connectivity index (χ0v) is 12.0. The first kappa shape index (κ1) is 13.4. The molecule has 2 aromatic rings. The molecule has 0 aliphatic carbocycles. The van der Waals surface area contributed by atoms with Crippen LogP contribution in [0.3, 0.4) is 0 Å². The van der Waals surface area contributed by atoms with E-state index in [0.717, 1.165) is 38.2 Å². The van der Waals surface area contributed by atoms with Crippen LogP contribution in [0.2, 0.25) is 0 Å². The monoisotopic (exact) mass is 270 g/mol. The third kappa shape index (κ3) is 2.94. The summed E-state index contributed by atoms with van der Waals surface area (Å²) < 4.78 is 5.26. The van der Waals surface area contributed by atoms with Gasteiger partial charge in [-0.15, -0.1) is 0 Å². The Labute approximate surface area is 120 Å². The molecule has 1 saturated heterocycles. The second kappa shape index (κ2) is 5.81. The van der Waals surface area contributed by atoms with E-state index in [4.69, 9.17) is 10.5 Å². The molecule has 0 radical (unpaired) electrons. The average Bonchev–Trinajstić information content (AvgIpc) is 2.49. The zero-order valence-electron chi connectivity index (χ0n) is 12.0. The Morgan fingerprint density at radius 2 is 1.80 bits per heavy atom. The molecule has 3 rings (SSSR count). The van der Waals surface area contributed by atoms with Gasteiger partial charge in [0.25, 0.3) is 0 Å². The van der Waals surface area contributed by atoms with Gasteiger partial charge in [-0.1, -0.05) is 18.2 Å². The minimum Gasteiger partial charge on any atom is -0.497 e. The molecule has 1 fully saturated rings. The van der Waals surface area contributed by atoms with Gasteiger partial charge in [0.05, 0.1) is 7.11 Å². The van der Waals surface area contributed by atoms with E-state index < -0.39 is 0 Å². The van der Waals surface area contributed by atoms with Crippen molar-refractivity contribution in [1.29, 1.82) is 0 Å². The van der Waals surface area contributed by atoms with E-state index in [-0.39, 0.29) is 0 Å². The molecular weight excluding hydrogens is 248 g/mol. The number of fused-ring (bicyclic) bond motifs is 1. The topological polar surface area (TPSA) is 38.5 Å². The van der Waals surface area contributed by atoms with Crippen LogP contribution in [0.5, 0.6) is 5.75 Å². The SMILES string of the molecule is COc1ccc2cc(CN3CCC(N)CC3)ccc2c1. The molecule has 2 N–H and O–H groups in total. The summed E-state index contributed by atoms with van der Waals surface area (Å²) in [7, 11) is 1.70. The maximum Gasteiger partial charge on any atom is 0.119 e. The quantitative estimate of drug-likeness (QED) is 0.932. The fourth-order valence-corrected chi connectivity index (χ4v) is 2.87. The standard InChI is InChI=1S/C17H22N2O/c1-20-17-5-4-14-10-13(2-3-15(14)11-17)12-19-8-6-16(18)7-9-19/h2-5,10-11,16H,6-9,12,18H2,1H3. The van der Waals surface area contributed by atoms with Crippen LogP contribution in [0.25, 0.3) is 10.8 Å². The predicted octanol–water partition coefficient (Wildman–Crippen LogP) is 2.77.